The van der Waals surface area contributed by atoms with Crippen LogP contribution in [0.1, 0.15) is 27.2 Å². The largest absolute Gasteiger partial charge is 0.588 e. The SMILES string of the molecule is C=C(OP(=O)(OCCC)O/C(=C/Br)C(=O)OCC)C(=O)OCC. The molecule has 0 saturated carbocycles. The summed E-state index contributed by atoms with van der Waals surface area (Å²) in [6.07, 6.45) is 0.495. The van der Waals surface area contributed by atoms with Gasteiger partial charge >= 0.3 is 19.8 Å². The second-order valence-corrected chi connectivity index (χ2v) is 5.78. The van der Waals surface area contributed by atoms with E-state index in [9.17, 15) is 14.2 Å². The number of phosphoric acid groups is 1. The van der Waals surface area contributed by atoms with Crippen molar-refractivity contribution < 1.29 is 37.2 Å². The van der Waals surface area contributed by atoms with Crippen molar-refractivity contribution in [1.82, 2.24) is 0 Å². The molecule has 0 saturated heterocycles. The summed E-state index contributed by atoms with van der Waals surface area (Å²) in [6, 6.07) is 0. The van der Waals surface area contributed by atoms with Crippen LogP contribution >= 0.6 is 23.8 Å². The topological polar surface area (TPSA) is 97.4 Å². The van der Waals surface area contributed by atoms with Gasteiger partial charge in [-0.25, -0.2) is 14.2 Å². The van der Waals surface area contributed by atoms with Gasteiger partial charge in [0, 0.05) is 4.99 Å². The Morgan fingerprint density at radius 3 is 2.13 bits per heavy atom. The Morgan fingerprint density at radius 1 is 1.09 bits per heavy atom. The summed E-state index contributed by atoms with van der Waals surface area (Å²) < 4.78 is 36.8. The van der Waals surface area contributed by atoms with Crippen LogP contribution in [-0.4, -0.2) is 31.8 Å². The summed E-state index contributed by atoms with van der Waals surface area (Å²) in [7, 11) is -4.32. The van der Waals surface area contributed by atoms with E-state index in [2.05, 4.69) is 27.2 Å². The number of ether oxygens (including phenoxy) is 2. The van der Waals surface area contributed by atoms with Crippen molar-refractivity contribution in [3.8, 4) is 0 Å². The lowest BCUT2D eigenvalue weighted by molar-refractivity contribution is -0.141. The molecule has 0 aliphatic rings. The second kappa shape index (κ2) is 11.3. The average molecular weight is 415 g/mol. The molecule has 0 bridgehead atoms. The van der Waals surface area contributed by atoms with Gasteiger partial charge in [-0.05, 0) is 26.8 Å². The zero-order chi connectivity index (χ0) is 17.9. The first kappa shape index (κ1) is 21.7. The highest BCUT2D eigenvalue weighted by Gasteiger charge is 2.36. The lowest BCUT2D eigenvalue weighted by Gasteiger charge is -2.19. The van der Waals surface area contributed by atoms with Crippen molar-refractivity contribution in [2.45, 2.75) is 27.2 Å². The van der Waals surface area contributed by atoms with Crippen LogP contribution in [0, 0.1) is 0 Å². The minimum atomic E-state index is -4.32. The van der Waals surface area contributed by atoms with Crippen LogP contribution in [0.3, 0.4) is 0 Å². The van der Waals surface area contributed by atoms with Crippen LogP contribution in [0.15, 0.2) is 23.1 Å². The number of carbonyl (C=O) groups excluding carboxylic acids is 2. The van der Waals surface area contributed by atoms with Gasteiger partial charge in [0.05, 0.1) is 19.8 Å². The van der Waals surface area contributed by atoms with E-state index in [1.54, 1.807) is 20.8 Å². The number of phosphoric ester groups is 1. The second-order valence-electron chi connectivity index (χ2n) is 3.80. The lowest BCUT2D eigenvalue weighted by Crippen LogP contribution is -2.14. The van der Waals surface area contributed by atoms with Gasteiger partial charge in [-0.2, -0.15) is 0 Å². The summed E-state index contributed by atoms with van der Waals surface area (Å²) in [6.45, 7) is 8.42. The molecule has 0 fully saturated rings. The Hall–Kier alpha value is -1.31. The molecule has 23 heavy (non-hydrogen) atoms. The van der Waals surface area contributed by atoms with Crippen molar-refractivity contribution in [3.05, 3.63) is 23.1 Å². The van der Waals surface area contributed by atoms with Crippen LogP contribution in [-0.2, 0) is 37.2 Å². The first-order chi connectivity index (χ1) is 10.8. The molecule has 0 radical (unpaired) electrons. The molecule has 1 atom stereocenters. The summed E-state index contributed by atoms with van der Waals surface area (Å²) in [5.74, 6) is -2.81. The van der Waals surface area contributed by atoms with Crippen molar-refractivity contribution in [3.63, 3.8) is 0 Å². The van der Waals surface area contributed by atoms with Crippen molar-refractivity contribution in [2.75, 3.05) is 19.8 Å². The molecule has 132 valence electrons. The first-order valence-corrected chi connectivity index (χ1v) is 9.18. The third-order valence-electron chi connectivity index (χ3n) is 1.96. The van der Waals surface area contributed by atoms with Crippen LogP contribution in [0.2, 0.25) is 0 Å². The molecule has 0 N–H and O–H groups in total. The van der Waals surface area contributed by atoms with Gasteiger partial charge in [-0.3, -0.25) is 4.52 Å². The normalized spacial score (nSPS) is 13.7. The molecule has 0 aromatic rings. The molecule has 0 amide bonds. The van der Waals surface area contributed by atoms with Gasteiger partial charge in [0.1, 0.15) is 0 Å². The van der Waals surface area contributed by atoms with Gasteiger partial charge in [0.2, 0.25) is 11.5 Å². The minimum absolute atomic E-state index is 0.00573. The Morgan fingerprint density at radius 2 is 1.65 bits per heavy atom. The maximum atomic E-state index is 12.6. The third kappa shape index (κ3) is 8.20. The summed E-state index contributed by atoms with van der Waals surface area (Å²) >= 11 is 2.89. The van der Waals surface area contributed by atoms with E-state index in [4.69, 9.17) is 18.3 Å². The quantitative estimate of drug-likeness (QED) is 0.219. The Balaban J connectivity index is 5.16. The average Bonchev–Trinajstić information content (AvgIpc) is 2.51. The minimum Gasteiger partial charge on any atom is -0.460 e. The van der Waals surface area contributed by atoms with E-state index in [-0.39, 0.29) is 19.8 Å². The zero-order valence-corrected chi connectivity index (χ0v) is 15.7. The van der Waals surface area contributed by atoms with E-state index in [0.29, 0.717) is 6.42 Å². The Bertz CT molecular complexity index is 502. The van der Waals surface area contributed by atoms with E-state index in [0.717, 1.165) is 4.99 Å². The van der Waals surface area contributed by atoms with Gasteiger partial charge in [-0.1, -0.05) is 22.9 Å². The van der Waals surface area contributed by atoms with Gasteiger partial charge in [0.15, 0.2) is 0 Å². The van der Waals surface area contributed by atoms with Crippen LogP contribution in [0.5, 0.6) is 0 Å². The fourth-order valence-electron chi connectivity index (χ4n) is 1.08. The monoisotopic (exact) mass is 414 g/mol. The predicted octanol–water partition coefficient (Wildman–Crippen LogP) is 3.43. The predicted molar refractivity (Wildman–Crippen MR) is 85.4 cm³/mol. The Kier molecular flexibility index (Phi) is 10.6. The molecule has 0 aliphatic heterocycles. The summed E-state index contributed by atoms with van der Waals surface area (Å²) in [5.41, 5.74) is 0. The molecule has 0 spiro atoms. The standard InChI is InChI=1S/C13H20BrO8P/c1-5-8-20-23(17,21-10(4)12(15)18-6-2)22-11(9-14)13(16)19-7-3/h9H,4-8H2,1-3H3/b11-9+. The third-order valence-corrected chi connectivity index (χ3v) is 3.74. The lowest BCUT2D eigenvalue weighted by atomic mass is 10.5. The molecule has 1 unspecified atom stereocenters. The van der Waals surface area contributed by atoms with Crippen molar-refractivity contribution in [1.29, 1.82) is 0 Å². The smallest absolute Gasteiger partial charge is 0.460 e. The molecule has 0 aromatic heterocycles. The maximum absolute atomic E-state index is 12.6. The van der Waals surface area contributed by atoms with Gasteiger partial charge < -0.3 is 18.5 Å². The number of hydrogen-bond acceptors (Lipinski definition) is 8. The van der Waals surface area contributed by atoms with Gasteiger partial charge in [0.25, 0.3) is 0 Å². The first-order valence-electron chi connectivity index (χ1n) is 6.80. The number of esters is 2. The van der Waals surface area contributed by atoms with E-state index < -0.39 is 31.3 Å². The van der Waals surface area contributed by atoms with E-state index >= 15 is 0 Å². The van der Waals surface area contributed by atoms with Gasteiger partial charge in [-0.15, -0.1) is 0 Å². The molecular weight excluding hydrogens is 395 g/mol. The molecule has 10 heteroatoms. The van der Waals surface area contributed by atoms with E-state index in [1.165, 1.54) is 0 Å². The van der Waals surface area contributed by atoms with Crippen LogP contribution in [0.25, 0.3) is 0 Å². The molecule has 0 rings (SSSR count). The van der Waals surface area contributed by atoms with Crippen LogP contribution in [0.4, 0.5) is 0 Å². The Labute approximate surface area is 143 Å². The fourth-order valence-corrected chi connectivity index (χ4v) is 2.77. The fraction of sp³-hybridized carbons (Fsp3) is 0.538. The zero-order valence-electron chi connectivity index (χ0n) is 13.2. The summed E-state index contributed by atoms with van der Waals surface area (Å²) in [4.78, 5) is 24.2. The number of hydrogen-bond donors (Lipinski definition) is 0. The van der Waals surface area contributed by atoms with Crippen molar-refractivity contribution >= 4 is 35.7 Å². The number of carbonyl (C=O) groups is 2. The highest BCUT2D eigenvalue weighted by Crippen LogP contribution is 2.53. The summed E-state index contributed by atoms with van der Waals surface area (Å²) in [5, 5.41) is 0. The molecule has 0 aromatic carbocycles. The number of rotatable bonds is 11. The molecule has 8 nitrogen and oxygen atoms in total. The highest BCUT2D eigenvalue weighted by molar-refractivity contribution is 9.11. The van der Waals surface area contributed by atoms with Crippen molar-refractivity contribution in [2.24, 2.45) is 0 Å². The maximum Gasteiger partial charge on any atom is 0.588 e. The molecular formula is C13H20BrO8P. The molecule has 0 aliphatic carbocycles. The van der Waals surface area contributed by atoms with E-state index in [1.807, 2.05) is 0 Å². The highest BCUT2D eigenvalue weighted by atomic mass is 79.9. The van der Waals surface area contributed by atoms with Crippen LogP contribution < -0.4 is 0 Å². The number of halogens is 1. The molecule has 0 heterocycles.